The van der Waals surface area contributed by atoms with Gasteiger partial charge in [0.1, 0.15) is 13.9 Å². The molecule has 0 fully saturated rings. The minimum absolute atomic E-state index is 0. The van der Waals surface area contributed by atoms with Gasteiger partial charge in [0.15, 0.2) is 0 Å². The largest absolute Gasteiger partial charge is 2.00 e. The van der Waals surface area contributed by atoms with E-state index in [-0.39, 0.29) is 26.5 Å². The van der Waals surface area contributed by atoms with E-state index in [0.717, 1.165) is 49.5 Å². The Bertz CT molecular complexity index is 3400. The number of para-hydroxylation sites is 1. The molecule has 0 radical (unpaired) electrons. The Labute approximate surface area is 367 Å². The maximum absolute atomic E-state index is 5.03. The van der Waals surface area contributed by atoms with Gasteiger partial charge in [0.05, 0.1) is 5.65 Å². The average Bonchev–Trinajstić information content (AvgIpc) is 3.94. The van der Waals surface area contributed by atoms with Crippen molar-refractivity contribution in [3.63, 3.8) is 0 Å². The van der Waals surface area contributed by atoms with Crippen molar-refractivity contribution >= 4 is 105 Å². The molecule has 5 heterocycles. The standard InChI is InChI=1S/C53H36N4SSi.Pt/c1-53(2)43-27-25-38(34-46(43)57(49-23-13-14-30-54-49)45-28-29-48-50(51(45)53)41-20-10-12-22-47(41)58-48)59(35-15-5-3-6-16-35,36-17-7-4-8-18-36)37-24-26-39-40-19-9-11-21-44(40)56-32-31-55-52(56)42(39)33-37;/h3-32H,1-2H3;/q-2;+2. The molecule has 60 heavy (non-hydrogen) atoms. The zero-order valence-electron chi connectivity index (χ0n) is 32.8. The molecule has 4 nitrogen and oxygen atoms in total. The molecule has 0 N–H and O–H groups in total. The maximum Gasteiger partial charge on any atom is 2.00 e. The molecular weight excluding hydrogens is 948 g/mol. The number of nitrogens with zero attached hydrogens (tertiary/aromatic N) is 4. The van der Waals surface area contributed by atoms with Crippen molar-refractivity contribution in [3.05, 3.63) is 206 Å². The van der Waals surface area contributed by atoms with Gasteiger partial charge in [0.25, 0.3) is 0 Å². The van der Waals surface area contributed by atoms with Crippen molar-refractivity contribution in [2.45, 2.75) is 19.3 Å². The van der Waals surface area contributed by atoms with Crippen LogP contribution in [-0.2, 0) is 26.5 Å². The Hall–Kier alpha value is -6.17. The molecule has 0 spiro atoms. The number of hydrogen-bond acceptors (Lipinski definition) is 4. The molecule has 1 aliphatic rings. The Kier molecular flexibility index (Phi) is 8.58. The van der Waals surface area contributed by atoms with Crippen LogP contribution in [0.1, 0.15) is 25.0 Å². The summed E-state index contributed by atoms with van der Waals surface area (Å²) in [5, 5.41) is 10.8. The number of rotatable bonds is 5. The normalized spacial score (nSPS) is 13.5. The Morgan fingerprint density at radius 1 is 0.583 bits per heavy atom. The van der Waals surface area contributed by atoms with Crippen molar-refractivity contribution in [1.29, 1.82) is 0 Å². The Balaban J connectivity index is 0.00000408. The molecule has 0 aliphatic carbocycles. The quantitative estimate of drug-likeness (QED) is 0.0746. The second-order valence-corrected chi connectivity index (χ2v) is 20.8. The van der Waals surface area contributed by atoms with Gasteiger partial charge in [-0.1, -0.05) is 128 Å². The first-order valence-electron chi connectivity index (χ1n) is 20.1. The fourth-order valence-electron chi connectivity index (χ4n) is 10.0. The van der Waals surface area contributed by atoms with E-state index in [9.17, 15) is 0 Å². The van der Waals surface area contributed by atoms with E-state index in [2.05, 4.69) is 199 Å². The molecule has 0 bridgehead atoms. The van der Waals surface area contributed by atoms with E-state index in [0.29, 0.717) is 0 Å². The minimum Gasteiger partial charge on any atom is -0.340 e. The van der Waals surface area contributed by atoms with Crippen molar-refractivity contribution in [1.82, 2.24) is 14.4 Å². The van der Waals surface area contributed by atoms with Gasteiger partial charge in [-0.25, -0.2) is 4.98 Å². The second kappa shape index (κ2) is 14.0. The maximum atomic E-state index is 5.03. The van der Waals surface area contributed by atoms with Crippen LogP contribution in [0.25, 0.3) is 47.5 Å². The van der Waals surface area contributed by atoms with E-state index in [1.54, 1.807) is 0 Å². The first kappa shape index (κ1) is 36.9. The third-order valence-electron chi connectivity index (χ3n) is 12.6. The summed E-state index contributed by atoms with van der Waals surface area (Å²) >= 11 is 1.87. The molecule has 7 heteroatoms. The molecule has 0 saturated carbocycles. The van der Waals surface area contributed by atoms with Gasteiger partial charge in [0, 0.05) is 50.0 Å². The first-order valence-corrected chi connectivity index (χ1v) is 22.9. The van der Waals surface area contributed by atoms with Gasteiger partial charge in [0.2, 0.25) is 0 Å². The zero-order chi connectivity index (χ0) is 39.3. The topological polar surface area (TPSA) is 33.4 Å². The summed E-state index contributed by atoms with van der Waals surface area (Å²) in [5.74, 6) is 0.871. The van der Waals surface area contributed by atoms with Crippen molar-refractivity contribution in [2.24, 2.45) is 0 Å². The van der Waals surface area contributed by atoms with Gasteiger partial charge in [-0.2, -0.15) is 23.4 Å². The molecule has 7 aromatic carbocycles. The van der Waals surface area contributed by atoms with Crippen molar-refractivity contribution < 1.29 is 21.1 Å². The van der Waals surface area contributed by atoms with Gasteiger partial charge in [-0.3, -0.25) is 4.98 Å². The number of fused-ring (bicyclic) bond motifs is 12. The van der Waals surface area contributed by atoms with Crippen molar-refractivity contribution in [2.75, 3.05) is 4.90 Å². The van der Waals surface area contributed by atoms with Crippen molar-refractivity contribution in [3.8, 4) is 0 Å². The number of benzene rings is 7. The van der Waals surface area contributed by atoms with Crippen LogP contribution >= 0.6 is 11.3 Å². The molecular formula is C53H36N4PtSSi. The van der Waals surface area contributed by atoms with E-state index < -0.39 is 8.07 Å². The molecule has 1 aliphatic heterocycles. The number of imidazole rings is 1. The molecule has 11 aromatic rings. The van der Waals surface area contributed by atoms with Crippen LogP contribution in [0.2, 0.25) is 0 Å². The second-order valence-electron chi connectivity index (χ2n) is 16.0. The number of anilines is 3. The molecule has 4 aromatic heterocycles. The van der Waals surface area contributed by atoms with Gasteiger partial charge < -0.3 is 9.30 Å². The van der Waals surface area contributed by atoms with E-state index >= 15 is 0 Å². The number of thiophene rings is 1. The van der Waals surface area contributed by atoms with Crippen LogP contribution in [0.3, 0.4) is 0 Å². The Morgan fingerprint density at radius 3 is 2.03 bits per heavy atom. The van der Waals surface area contributed by atoms with Crippen LogP contribution in [0, 0.1) is 12.1 Å². The molecule has 0 saturated heterocycles. The van der Waals surface area contributed by atoms with Crippen LogP contribution in [0.5, 0.6) is 0 Å². The predicted octanol–water partition coefficient (Wildman–Crippen LogP) is 10.5. The summed E-state index contributed by atoms with van der Waals surface area (Å²) in [6.07, 6.45) is 5.86. The zero-order valence-corrected chi connectivity index (χ0v) is 36.9. The average molecular weight is 984 g/mol. The van der Waals surface area contributed by atoms with Crippen LogP contribution < -0.4 is 25.6 Å². The summed E-state index contributed by atoms with van der Waals surface area (Å²) in [6, 6.07) is 68.2. The molecule has 0 amide bonds. The molecule has 0 unspecified atom stereocenters. The Morgan fingerprint density at radius 2 is 1.27 bits per heavy atom. The summed E-state index contributed by atoms with van der Waals surface area (Å²) < 4.78 is 4.81. The predicted molar refractivity (Wildman–Crippen MR) is 249 cm³/mol. The van der Waals surface area contributed by atoms with Gasteiger partial charge >= 0.3 is 21.1 Å². The monoisotopic (exact) mass is 983 g/mol. The number of pyridine rings is 2. The van der Waals surface area contributed by atoms with Crippen LogP contribution in [0.15, 0.2) is 182 Å². The molecule has 0 atom stereocenters. The summed E-state index contributed by atoms with van der Waals surface area (Å²) in [6.45, 7) is 4.77. The fraction of sp³-hybridized carbons (Fsp3) is 0.0566. The summed E-state index contributed by atoms with van der Waals surface area (Å²) in [5.41, 5.74) is 6.41. The first-order chi connectivity index (χ1) is 29.0. The van der Waals surface area contributed by atoms with Gasteiger partial charge in [-0.15, -0.1) is 45.7 Å². The fourth-order valence-corrected chi connectivity index (χ4v) is 15.7. The summed E-state index contributed by atoms with van der Waals surface area (Å²) in [4.78, 5) is 12.3. The minimum atomic E-state index is -3.14. The van der Waals surface area contributed by atoms with Crippen LogP contribution in [0.4, 0.5) is 17.2 Å². The SMILES string of the molecule is CC1(C)c2ccc([Si](c3[c-]c4c(cc3)c3ccccc3n3ccnc43)(c3ccccc3)c3ccccc3)[c-]c2N(c2ccccn2)c2ccc3sc4ccccc4c3c21.[Pt+2]. The third-order valence-corrected chi connectivity index (χ3v) is 18.3. The van der Waals surface area contributed by atoms with E-state index in [1.165, 1.54) is 47.1 Å². The summed E-state index contributed by atoms with van der Waals surface area (Å²) in [7, 11) is -3.14. The van der Waals surface area contributed by atoms with Crippen LogP contribution in [-0.4, -0.2) is 22.4 Å². The third kappa shape index (κ3) is 5.18. The number of hydrogen-bond donors (Lipinski definition) is 0. The van der Waals surface area contributed by atoms with E-state index in [4.69, 9.17) is 9.97 Å². The molecule has 288 valence electrons. The molecule has 12 rings (SSSR count). The van der Waals surface area contributed by atoms with Gasteiger partial charge in [-0.05, 0) is 63.1 Å². The number of aromatic nitrogens is 3. The smallest absolute Gasteiger partial charge is 0.340 e. The van der Waals surface area contributed by atoms with E-state index in [1.807, 2.05) is 29.8 Å².